The SMILES string of the molecule is C=CC[Si]1(c2cnc(-c3ccccc3)cc2/C=C/c2ccccc2)CCCC1. The summed E-state index contributed by atoms with van der Waals surface area (Å²) in [5, 5.41) is 1.51. The third-order valence-corrected chi connectivity index (χ3v) is 11.2. The van der Waals surface area contributed by atoms with Crippen molar-refractivity contribution in [2.75, 3.05) is 0 Å². The van der Waals surface area contributed by atoms with Gasteiger partial charge in [0.2, 0.25) is 0 Å². The van der Waals surface area contributed by atoms with Gasteiger partial charge in [0.25, 0.3) is 0 Å². The monoisotopic (exact) mass is 381 g/mol. The Labute approximate surface area is 169 Å². The number of pyridine rings is 1. The van der Waals surface area contributed by atoms with E-state index < -0.39 is 8.07 Å². The van der Waals surface area contributed by atoms with Crippen LogP contribution in [0.15, 0.2) is 85.6 Å². The highest BCUT2D eigenvalue weighted by atomic mass is 28.3. The largest absolute Gasteiger partial charge is 0.256 e. The first-order valence-electron chi connectivity index (χ1n) is 10.2. The lowest BCUT2D eigenvalue weighted by Gasteiger charge is -2.27. The van der Waals surface area contributed by atoms with Crippen LogP contribution < -0.4 is 5.19 Å². The maximum absolute atomic E-state index is 4.90. The third kappa shape index (κ3) is 3.92. The Morgan fingerprint density at radius 3 is 2.25 bits per heavy atom. The van der Waals surface area contributed by atoms with Gasteiger partial charge in [-0.05, 0) is 28.4 Å². The lowest BCUT2D eigenvalue weighted by atomic mass is 10.1. The first-order valence-corrected chi connectivity index (χ1v) is 12.8. The summed E-state index contributed by atoms with van der Waals surface area (Å²) in [6.45, 7) is 4.08. The van der Waals surface area contributed by atoms with Crippen molar-refractivity contribution in [3.8, 4) is 11.3 Å². The van der Waals surface area contributed by atoms with Crippen LogP contribution in [0.5, 0.6) is 0 Å². The molecule has 0 aliphatic carbocycles. The molecular formula is C26H27NSi. The summed E-state index contributed by atoms with van der Waals surface area (Å²) < 4.78 is 0. The summed E-state index contributed by atoms with van der Waals surface area (Å²) in [6.07, 6.45) is 11.6. The molecule has 0 spiro atoms. The second kappa shape index (κ2) is 8.53. The zero-order chi connectivity index (χ0) is 19.2. The molecule has 1 aromatic heterocycles. The molecule has 4 rings (SSSR count). The number of allylic oxidation sites excluding steroid dienone is 1. The standard InChI is InChI=1S/C26H27NSi/c1-2-17-28(18-9-10-19-28)26-21-27-25(23-13-7-4-8-14-23)20-24(26)16-15-22-11-5-3-6-12-22/h2-8,11-16,20-21H,1,9-10,17-19H2/b16-15+. The van der Waals surface area contributed by atoms with E-state index in [2.05, 4.69) is 97.7 Å². The lowest BCUT2D eigenvalue weighted by molar-refractivity contribution is 0.935. The fourth-order valence-corrected chi connectivity index (χ4v) is 9.41. The second-order valence-electron chi connectivity index (χ2n) is 7.75. The Morgan fingerprint density at radius 2 is 1.57 bits per heavy atom. The van der Waals surface area contributed by atoms with E-state index in [1.54, 1.807) is 0 Å². The molecule has 0 amide bonds. The van der Waals surface area contributed by atoms with Gasteiger partial charge in [0.05, 0.1) is 13.8 Å². The first kappa shape index (κ1) is 18.6. The Hall–Kier alpha value is -2.71. The maximum Gasteiger partial charge on any atom is 0.0932 e. The van der Waals surface area contributed by atoms with Crippen LogP contribution >= 0.6 is 0 Å². The van der Waals surface area contributed by atoms with Gasteiger partial charge in [-0.2, -0.15) is 0 Å². The van der Waals surface area contributed by atoms with Crippen LogP contribution in [0.4, 0.5) is 0 Å². The zero-order valence-corrected chi connectivity index (χ0v) is 17.4. The average Bonchev–Trinajstić information content (AvgIpc) is 3.23. The zero-order valence-electron chi connectivity index (χ0n) is 16.4. The molecule has 3 aromatic rings. The van der Waals surface area contributed by atoms with Crippen LogP contribution in [0.2, 0.25) is 18.1 Å². The predicted octanol–water partition coefficient (Wildman–Crippen LogP) is 6.55. The number of aromatic nitrogens is 1. The minimum absolute atomic E-state index is 1.05. The topological polar surface area (TPSA) is 12.9 Å². The predicted molar refractivity (Wildman–Crippen MR) is 124 cm³/mol. The van der Waals surface area contributed by atoms with Crippen molar-refractivity contribution in [2.45, 2.75) is 31.0 Å². The molecule has 2 heterocycles. The molecule has 1 saturated heterocycles. The molecule has 0 bridgehead atoms. The van der Waals surface area contributed by atoms with Crippen molar-refractivity contribution in [1.82, 2.24) is 4.98 Å². The van der Waals surface area contributed by atoms with Gasteiger partial charge in [0.15, 0.2) is 0 Å². The van der Waals surface area contributed by atoms with Crippen molar-refractivity contribution in [3.05, 3.63) is 96.7 Å². The highest BCUT2D eigenvalue weighted by Gasteiger charge is 2.38. The van der Waals surface area contributed by atoms with Crippen molar-refractivity contribution >= 4 is 25.4 Å². The van der Waals surface area contributed by atoms with Crippen molar-refractivity contribution in [2.24, 2.45) is 0 Å². The van der Waals surface area contributed by atoms with E-state index in [9.17, 15) is 0 Å². The Kier molecular flexibility index (Phi) is 5.68. The summed E-state index contributed by atoms with van der Waals surface area (Å²) in [6, 6.07) is 27.2. The van der Waals surface area contributed by atoms with Crippen LogP contribution in [-0.2, 0) is 0 Å². The highest BCUT2D eigenvalue weighted by molar-refractivity contribution is 6.93. The van der Waals surface area contributed by atoms with E-state index in [4.69, 9.17) is 4.98 Å². The fourth-order valence-electron chi connectivity index (χ4n) is 4.48. The van der Waals surface area contributed by atoms with Gasteiger partial charge in [0.1, 0.15) is 0 Å². The molecule has 140 valence electrons. The molecule has 2 heteroatoms. The van der Waals surface area contributed by atoms with Crippen LogP contribution in [0.1, 0.15) is 24.0 Å². The van der Waals surface area contributed by atoms with E-state index in [-0.39, 0.29) is 0 Å². The summed E-state index contributed by atoms with van der Waals surface area (Å²) in [4.78, 5) is 4.90. The normalized spacial score (nSPS) is 15.7. The summed E-state index contributed by atoms with van der Waals surface area (Å²) in [7, 11) is -1.55. The van der Waals surface area contributed by atoms with Crippen molar-refractivity contribution < 1.29 is 0 Å². The van der Waals surface area contributed by atoms with E-state index in [0.29, 0.717) is 0 Å². The lowest BCUT2D eigenvalue weighted by Crippen LogP contribution is -2.46. The Balaban J connectivity index is 1.80. The summed E-state index contributed by atoms with van der Waals surface area (Å²) in [5.74, 6) is 0. The van der Waals surface area contributed by atoms with Gasteiger partial charge in [-0.25, -0.2) is 0 Å². The van der Waals surface area contributed by atoms with Crippen LogP contribution in [0.3, 0.4) is 0 Å². The number of rotatable bonds is 6. The minimum Gasteiger partial charge on any atom is -0.256 e. The molecule has 0 atom stereocenters. The van der Waals surface area contributed by atoms with E-state index in [1.807, 2.05) is 0 Å². The van der Waals surface area contributed by atoms with Gasteiger partial charge < -0.3 is 0 Å². The smallest absolute Gasteiger partial charge is 0.0932 e. The van der Waals surface area contributed by atoms with Gasteiger partial charge in [-0.1, -0.05) is 104 Å². The minimum atomic E-state index is -1.55. The maximum atomic E-state index is 4.90. The van der Waals surface area contributed by atoms with E-state index >= 15 is 0 Å². The molecule has 1 aliphatic heterocycles. The number of nitrogens with zero attached hydrogens (tertiary/aromatic N) is 1. The molecule has 0 radical (unpaired) electrons. The molecule has 0 N–H and O–H groups in total. The Morgan fingerprint density at radius 1 is 0.893 bits per heavy atom. The van der Waals surface area contributed by atoms with E-state index in [0.717, 1.165) is 11.7 Å². The number of benzene rings is 2. The number of hydrogen-bond acceptors (Lipinski definition) is 1. The van der Waals surface area contributed by atoms with Gasteiger partial charge in [0, 0.05) is 11.8 Å². The van der Waals surface area contributed by atoms with Crippen LogP contribution in [-0.4, -0.2) is 13.1 Å². The molecule has 0 saturated carbocycles. The van der Waals surface area contributed by atoms with Crippen LogP contribution in [0.25, 0.3) is 23.4 Å². The second-order valence-corrected chi connectivity index (χ2v) is 12.3. The molecule has 0 unspecified atom stereocenters. The molecule has 1 nitrogen and oxygen atoms in total. The van der Waals surface area contributed by atoms with Crippen molar-refractivity contribution in [3.63, 3.8) is 0 Å². The summed E-state index contributed by atoms with van der Waals surface area (Å²) >= 11 is 0. The molecule has 28 heavy (non-hydrogen) atoms. The first-order chi connectivity index (χ1) is 13.8. The van der Waals surface area contributed by atoms with E-state index in [1.165, 1.54) is 46.8 Å². The summed E-state index contributed by atoms with van der Waals surface area (Å²) in [5.41, 5.74) is 4.80. The molecule has 1 aliphatic rings. The molecule has 1 fully saturated rings. The fraction of sp³-hybridized carbons (Fsp3) is 0.192. The third-order valence-electron chi connectivity index (χ3n) is 5.93. The van der Waals surface area contributed by atoms with Crippen LogP contribution in [0, 0.1) is 0 Å². The number of hydrogen-bond donors (Lipinski definition) is 0. The quantitative estimate of drug-likeness (QED) is 0.348. The van der Waals surface area contributed by atoms with Gasteiger partial charge in [-0.15, -0.1) is 6.58 Å². The molecular weight excluding hydrogens is 354 g/mol. The van der Waals surface area contributed by atoms with Gasteiger partial charge in [-0.3, -0.25) is 4.98 Å². The average molecular weight is 382 g/mol. The Bertz CT molecular complexity index is 954. The molecule has 2 aromatic carbocycles. The van der Waals surface area contributed by atoms with Crippen molar-refractivity contribution in [1.29, 1.82) is 0 Å². The van der Waals surface area contributed by atoms with Gasteiger partial charge >= 0.3 is 0 Å². The highest BCUT2D eigenvalue weighted by Crippen LogP contribution is 2.35.